The summed E-state index contributed by atoms with van der Waals surface area (Å²) >= 11 is 0. The number of hydrogen-bond donors (Lipinski definition) is 0. The van der Waals surface area contributed by atoms with E-state index in [0.29, 0.717) is 22.3 Å². The van der Waals surface area contributed by atoms with Crippen molar-refractivity contribution >= 4 is 34.1 Å². The van der Waals surface area contributed by atoms with Crippen LogP contribution in [0.1, 0.15) is 17.0 Å². The fourth-order valence-electron chi connectivity index (χ4n) is 3.20. The average molecular weight is 331 g/mol. The molecule has 0 saturated carbocycles. The molecule has 0 aliphatic carbocycles. The fourth-order valence-corrected chi connectivity index (χ4v) is 3.20. The van der Waals surface area contributed by atoms with E-state index in [0.717, 1.165) is 16.8 Å². The largest absolute Gasteiger partial charge is 0.311 e. The number of rotatable bonds is 1. The van der Waals surface area contributed by atoms with Crippen molar-refractivity contribution in [2.24, 2.45) is 7.05 Å². The van der Waals surface area contributed by atoms with Crippen molar-refractivity contribution < 1.29 is 4.79 Å². The van der Waals surface area contributed by atoms with Crippen molar-refractivity contribution in [2.75, 3.05) is 11.9 Å². The van der Waals surface area contributed by atoms with E-state index in [1.807, 2.05) is 37.3 Å². The first-order chi connectivity index (χ1) is 12.0. The first-order valence-corrected chi connectivity index (χ1v) is 8.04. The predicted molar refractivity (Wildman–Crippen MR) is 99.4 cm³/mol. The smallest absolute Gasteiger partial charge is 0.261 e. The van der Waals surface area contributed by atoms with Crippen molar-refractivity contribution in [1.82, 2.24) is 9.55 Å². The summed E-state index contributed by atoms with van der Waals surface area (Å²) < 4.78 is 1.48. The maximum atomic E-state index is 12.7. The summed E-state index contributed by atoms with van der Waals surface area (Å²) in [5.41, 5.74) is 3.87. The number of likely N-dealkylation sites (N-methyl/N-ethyl adjacent to an activating group) is 1. The topological polar surface area (TPSA) is 55.2 Å². The SMILES string of the molecule is Cc1ccc2c(c1)/C(=C\c1nc3ccccc3c(=O)n1C)C(=O)N2C. The zero-order chi connectivity index (χ0) is 17.7. The molecule has 0 unspecified atom stereocenters. The number of carbonyl (C=O) groups excluding carboxylic acids is 1. The highest BCUT2D eigenvalue weighted by Gasteiger charge is 2.30. The molecule has 124 valence electrons. The Labute approximate surface area is 144 Å². The van der Waals surface area contributed by atoms with Gasteiger partial charge in [-0.15, -0.1) is 0 Å². The minimum Gasteiger partial charge on any atom is -0.311 e. The molecule has 1 aromatic heterocycles. The lowest BCUT2D eigenvalue weighted by atomic mass is 10.0. The number of hydrogen-bond acceptors (Lipinski definition) is 3. The van der Waals surface area contributed by atoms with Gasteiger partial charge in [0, 0.05) is 19.7 Å². The van der Waals surface area contributed by atoms with Gasteiger partial charge in [0.2, 0.25) is 0 Å². The van der Waals surface area contributed by atoms with E-state index in [1.54, 1.807) is 37.2 Å². The molecular formula is C20H17N3O2. The molecule has 0 fully saturated rings. The third-order valence-corrected chi connectivity index (χ3v) is 4.63. The Morgan fingerprint density at radius 2 is 1.80 bits per heavy atom. The molecule has 25 heavy (non-hydrogen) atoms. The molecule has 2 aromatic carbocycles. The van der Waals surface area contributed by atoms with Crippen LogP contribution in [0.4, 0.5) is 5.69 Å². The molecule has 1 aliphatic heterocycles. The van der Waals surface area contributed by atoms with Crippen molar-refractivity contribution in [3.63, 3.8) is 0 Å². The third kappa shape index (κ3) is 2.28. The van der Waals surface area contributed by atoms with Crippen LogP contribution in [0.3, 0.4) is 0 Å². The Kier molecular flexibility index (Phi) is 3.32. The Morgan fingerprint density at radius 1 is 1.04 bits per heavy atom. The van der Waals surface area contributed by atoms with E-state index in [-0.39, 0.29) is 11.5 Å². The van der Waals surface area contributed by atoms with Gasteiger partial charge in [-0.2, -0.15) is 0 Å². The molecule has 0 radical (unpaired) electrons. The summed E-state index contributed by atoms with van der Waals surface area (Å²) in [4.78, 5) is 31.4. The number of para-hydroxylation sites is 1. The van der Waals surface area contributed by atoms with Gasteiger partial charge in [-0.05, 0) is 37.3 Å². The van der Waals surface area contributed by atoms with Gasteiger partial charge in [0.15, 0.2) is 0 Å². The van der Waals surface area contributed by atoms with Crippen molar-refractivity contribution in [1.29, 1.82) is 0 Å². The van der Waals surface area contributed by atoms with E-state index in [4.69, 9.17) is 0 Å². The zero-order valence-electron chi connectivity index (χ0n) is 14.3. The van der Waals surface area contributed by atoms with Gasteiger partial charge in [-0.1, -0.05) is 23.8 Å². The van der Waals surface area contributed by atoms with Gasteiger partial charge in [0.25, 0.3) is 11.5 Å². The molecule has 0 spiro atoms. The number of aryl methyl sites for hydroxylation is 1. The van der Waals surface area contributed by atoms with E-state index in [2.05, 4.69) is 4.98 Å². The Bertz CT molecular complexity index is 1130. The maximum Gasteiger partial charge on any atom is 0.261 e. The van der Waals surface area contributed by atoms with Gasteiger partial charge in [-0.3, -0.25) is 14.2 Å². The van der Waals surface area contributed by atoms with Crippen LogP contribution in [0.2, 0.25) is 0 Å². The number of benzene rings is 2. The Morgan fingerprint density at radius 3 is 2.60 bits per heavy atom. The minimum atomic E-state index is -0.124. The van der Waals surface area contributed by atoms with Crippen molar-refractivity contribution in [2.45, 2.75) is 6.92 Å². The zero-order valence-corrected chi connectivity index (χ0v) is 14.3. The summed E-state index contributed by atoms with van der Waals surface area (Å²) in [6, 6.07) is 13.1. The van der Waals surface area contributed by atoms with Crippen molar-refractivity contribution in [3.05, 3.63) is 69.8 Å². The van der Waals surface area contributed by atoms with E-state index in [1.165, 1.54) is 4.57 Å². The molecular weight excluding hydrogens is 314 g/mol. The molecule has 0 saturated heterocycles. The van der Waals surface area contributed by atoms with Crippen LogP contribution in [-0.4, -0.2) is 22.5 Å². The number of aromatic nitrogens is 2. The molecule has 0 bridgehead atoms. The second-order valence-corrected chi connectivity index (χ2v) is 6.29. The van der Waals surface area contributed by atoms with Gasteiger partial charge in [0.1, 0.15) is 5.82 Å². The Hall–Kier alpha value is -3.21. The minimum absolute atomic E-state index is 0.0944. The number of amides is 1. The lowest BCUT2D eigenvalue weighted by Gasteiger charge is -2.08. The van der Waals surface area contributed by atoms with Crippen molar-refractivity contribution in [3.8, 4) is 0 Å². The lowest BCUT2D eigenvalue weighted by molar-refractivity contribution is -0.112. The first kappa shape index (κ1) is 15.3. The number of carbonyl (C=O) groups is 1. The normalized spacial score (nSPS) is 15.2. The number of anilines is 1. The molecule has 1 amide bonds. The highest BCUT2D eigenvalue weighted by molar-refractivity contribution is 6.35. The monoisotopic (exact) mass is 331 g/mol. The van der Waals surface area contributed by atoms with Gasteiger partial charge in [-0.25, -0.2) is 4.98 Å². The Balaban J connectivity index is 1.97. The van der Waals surface area contributed by atoms with E-state index >= 15 is 0 Å². The molecule has 3 aromatic rings. The van der Waals surface area contributed by atoms with Gasteiger partial charge >= 0.3 is 0 Å². The van der Waals surface area contributed by atoms with Crippen LogP contribution in [0.5, 0.6) is 0 Å². The highest BCUT2D eigenvalue weighted by atomic mass is 16.2. The molecule has 1 aliphatic rings. The standard InChI is InChI=1S/C20H17N3O2/c1-12-8-9-17-14(10-12)15(20(25)22(17)2)11-18-21-16-7-5-4-6-13(16)19(24)23(18)3/h4-11H,1-3H3/b15-11+. The van der Waals surface area contributed by atoms with Crippen LogP contribution in [0, 0.1) is 6.92 Å². The van der Waals surface area contributed by atoms with Crippen LogP contribution >= 0.6 is 0 Å². The predicted octanol–water partition coefficient (Wildman–Crippen LogP) is 2.76. The lowest BCUT2D eigenvalue weighted by Crippen LogP contribution is -2.22. The first-order valence-electron chi connectivity index (χ1n) is 8.04. The number of fused-ring (bicyclic) bond motifs is 2. The molecule has 2 heterocycles. The maximum absolute atomic E-state index is 12.7. The van der Waals surface area contributed by atoms with Crippen LogP contribution in [0.15, 0.2) is 47.3 Å². The van der Waals surface area contributed by atoms with Gasteiger partial charge in [0.05, 0.1) is 22.2 Å². The third-order valence-electron chi connectivity index (χ3n) is 4.63. The summed E-state index contributed by atoms with van der Waals surface area (Å²) in [7, 11) is 3.43. The molecule has 4 rings (SSSR count). The van der Waals surface area contributed by atoms with Gasteiger partial charge < -0.3 is 4.90 Å². The number of nitrogens with zero attached hydrogens (tertiary/aromatic N) is 3. The summed E-state index contributed by atoms with van der Waals surface area (Å²) in [6.45, 7) is 1.99. The quantitative estimate of drug-likeness (QED) is 0.644. The van der Waals surface area contributed by atoms with Crippen LogP contribution < -0.4 is 10.5 Å². The highest BCUT2D eigenvalue weighted by Crippen LogP contribution is 2.37. The molecule has 5 nitrogen and oxygen atoms in total. The molecule has 0 N–H and O–H groups in total. The molecule has 0 atom stereocenters. The summed E-state index contributed by atoms with van der Waals surface area (Å²) in [6.07, 6.45) is 1.71. The summed E-state index contributed by atoms with van der Waals surface area (Å²) in [5.74, 6) is 0.373. The average Bonchev–Trinajstić information content (AvgIpc) is 2.84. The van der Waals surface area contributed by atoms with E-state index in [9.17, 15) is 9.59 Å². The van der Waals surface area contributed by atoms with Crippen LogP contribution in [0.25, 0.3) is 22.6 Å². The second kappa shape index (κ2) is 5.41. The fraction of sp³-hybridized carbons (Fsp3) is 0.150. The van der Waals surface area contributed by atoms with E-state index < -0.39 is 0 Å². The molecule has 5 heteroatoms. The second-order valence-electron chi connectivity index (χ2n) is 6.29. The van der Waals surface area contributed by atoms with Crippen LogP contribution in [-0.2, 0) is 11.8 Å². The summed E-state index contributed by atoms with van der Waals surface area (Å²) in [5, 5.41) is 0.568.